The highest BCUT2D eigenvalue weighted by molar-refractivity contribution is 6.35. The summed E-state index contributed by atoms with van der Waals surface area (Å²) in [6, 6.07) is 4.82. The highest BCUT2D eigenvalue weighted by atomic mass is 16.5. The molecule has 0 atom stereocenters. The van der Waals surface area contributed by atoms with Crippen LogP contribution in [0.1, 0.15) is 27.2 Å². The number of carbonyl (C=O) groups excluding carboxylic acids is 3. The Bertz CT molecular complexity index is 700. The molecule has 9 nitrogen and oxygen atoms in total. The van der Waals surface area contributed by atoms with Crippen LogP contribution in [-0.4, -0.2) is 43.7 Å². The summed E-state index contributed by atoms with van der Waals surface area (Å²) >= 11 is 0. The van der Waals surface area contributed by atoms with Gasteiger partial charge in [0.05, 0.1) is 26.3 Å². The van der Waals surface area contributed by atoms with E-state index in [2.05, 4.69) is 21.2 Å². The van der Waals surface area contributed by atoms with Crippen LogP contribution in [0.4, 0.5) is 5.69 Å². The van der Waals surface area contributed by atoms with Gasteiger partial charge in [-0.25, -0.2) is 5.43 Å². The molecule has 1 aromatic carbocycles. The highest BCUT2D eigenvalue weighted by Crippen LogP contribution is 2.29. The number of anilines is 1. The van der Waals surface area contributed by atoms with Gasteiger partial charge in [-0.05, 0) is 32.9 Å². The number of amides is 3. The van der Waals surface area contributed by atoms with E-state index < -0.39 is 11.8 Å². The van der Waals surface area contributed by atoms with Crippen LogP contribution in [0.25, 0.3) is 0 Å². The standard InChI is InChI=1S/C17H24N4O5/c1-10(2)18-16(23)17(24)21-20-11(3)8-15(22)19-13-7-6-12(25-4)9-14(13)26-5/h6-7,9-10H,8H2,1-5H3,(H,18,23)(H,19,22)(H,21,24). The van der Waals surface area contributed by atoms with Gasteiger partial charge in [-0.1, -0.05) is 0 Å². The molecule has 0 aliphatic rings. The van der Waals surface area contributed by atoms with Crippen molar-refractivity contribution in [3.8, 4) is 11.5 Å². The molecular formula is C17H24N4O5. The van der Waals surface area contributed by atoms with Gasteiger partial charge in [-0.3, -0.25) is 14.4 Å². The van der Waals surface area contributed by atoms with Crippen molar-refractivity contribution in [3.63, 3.8) is 0 Å². The van der Waals surface area contributed by atoms with E-state index in [1.54, 1.807) is 39.0 Å². The second kappa shape index (κ2) is 10.0. The SMILES string of the molecule is COc1ccc(NC(=O)CC(C)=NNC(=O)C(=O)NC(C)C)c(OC)c1. The summed E-state index contributed by atoms with van der Waals surface area (Å²) in [5.74, 6) is -0.985. The zero-order valence-corrected chi connectivity index (χ0v) is 15.5. The number of nitrogens with zero attached hydrogens (tertiary/aromatic N) is 1. The Labute approximate surface area is 152 Å². The molecule has 0 heterocycles. The Morgan fingerprint density at radius 3 is 2.38 bits per heavy atom. The second-order valence-corrected chi connectivity index (χ2v) is 5.71. The Morgan fingerprint density at radius 1 is 1.12 bits per heavy atom. The quantitative estimate of drug-likeness (QED) is 0.380. The lowest BCUT2D eigenvalue weighted by Gasteiger charge is -2.11. The van der Waals surface area contributed by atoms with Gasteiger partial charge in [0.15, 0.2) is 0 Å². The summed E-state index contributed by atoms with van der Waals surface area (Å²) < 4.78 is 10.3. The number of rotatable bonds is 7. The van der Waals surface area contributed by atoms with Crippen molar-refractivity contribution in [2.24, 2.45) is 5.10 Å². The first-order valence-electron chi connectivity index (χ1n) is 7.92. The first-order valence-corrected chi connectivity index (χ1v) is 7.92. The third kappa shape index (κ3) is 6.80. The molecular weight excluding hydrogens is 340 g/mol. The third-order valence-electron chi connectivity index (χ3n) is 3.07. The van der Waals surface area contributed by atoms with Crippen LogP contribution in [0.2, 0.25) is 0 Å². The number of hydrogen-bond donors (Lipinski definition) is 3. The summed E-state index contributed by atoms with van der Waals surface area (Å²) in [6.07, 6.45) is -0.0682. The largest absolute Gasteiger partial charge is 0.497 e. The summed E-state index contributed by atoms with van der Waals surface area (Å²) in [5, 5.41) is 8.87. The zero-order valence-electron chi connectivity index (χ0n) is 15.5. The Kier molecular flexibility index (Phi) is 8.07. The van der Waals surface area contributed by atoms with Gasteiger partial charge in [-0.2, -0.15) is 5.10 Å². The Balaban J connectivity index is 2.62. The predicted octanol–water partition coefficient (Wildman–Crippen LogP) is 1.05. The van der Waals surface area contributed by atoms with Crippen molar-refractivity contribution in [1.29, 1.82) is 0 Å². The Hall–Kier alpha value is -3.10. The first kappa shape index (κ1) is 20.9. The topological polar surface area (TPSA) is 118 Å². The van der Waals surface area contributed by atoms with Crippen molar-refractivity contribution in [1.82, 2.24) is 10.7 Å². The number of ether oxygens (including phenoxy) is 2. The van der Waals surface area contributed by atoms with Gasteiger partial charge < -0.3 is 20.1 Å². The molecule has 0 fully saturated rings. The van der Waals surface area contributed by atoms with Crippen molar-refractivity contribution >= 4 is 29.1 Å². The monoisotopic (exact) mass is 364 g/mol. The molecule has 1 aromatic rings. The van der Waals surface area contributed by atoms with Crippen LogP contribution in [-0.2, 0) is 14.4 Å². The van der Waals surface area contributed by atoms with Gasteiger partial charge in [-0.15, -0.1) is 0 Å². The van der Waals surface area contributed by atoms with Gasteiger partial charge in [0, 0.05) is 17.8 Å². The zero-order chi connectivity index (χ0) is 19.7. The van der Waals surface area contributed by atoms with E-state index in [9.17, 15) is 14.4 Å². The fourth-order valence-corrected chi connectivity index (χ4v) is 1.89. The molecule has 0 aromatic heterocycles. The molecule has 0 radical (unpaired) electrons. The van der Waals surface area contributed by atoms with Crippen LogP contribution in [0, 0.1) is 0 Å². The van der Waals surface area contributed by atoms with E-state index >= 15 is 0 Å². The van der Waals surface area contributed by atoms with E-state index in [4.69, 9.17) is 9.47 Å². The second-order valence-electron chi connectivity index (χ2n) is 5.71. The molecule has 0 aliphatic carbocycles. The number of hydrazone groups is 1. The van der Waals surface area contributed by atoms with Crippen molar-refractivity contribution in [3.05, 3.63) is 18.2 Å². The molecule has 0 unspecified atom stereocenters. The molecule has 3 N–H and O–H groups in total. The summed E-state index contributed by atoms with van der Waals surface area (Å²) in [7, 11) is 3.01. The summed E-state index contributed by atoms with van der Waals surface area (Å²) in [4.78, 5) is 35.1. The first-order chi connectivity index (χ1) is 12.3. The molecule has 1 rings (SSSR count). The van der Waals surface area contributed by atoms with Gasteiger partial charge in [0.2, 0.25) is 5.91 Å². The van der Waals surface area contributed by atoms with E-state index in [0.717, 1.165) is 0 Å². The molecule has 142 valence electrons. The van der Waals surface area contributed by atoms with Gasteiger partial charge >= 0.3 is 11.8 Å². The maximum absolute atomic E-state index is 12.1. The summed E-state index contributed by atoms with van der Waals surface area (Å²) in [5.41, 5.74) is 2.92. The minimum atomic E-state index is -0.893. The molecule has 0 saturated heterocycles. The summed E-state index contributed by atoms with van der Waals surface area (Å²) in [6.45, 7) is 5.03. The molecule has 0 aliphatic heterocycles. The lowest BCUT2D eigenvalue weighted by Crippen LogP contribution is -2.41. The number of benzene rings is 1. The van der Waals surface area contributed by atoms with Crippen LogP contribution < -0.4 is 25.5 Å². The number of methoxy groups -OCH3 is 2. The van der Waals surface area contributed by atoms with Gasteiger partial charge in [0.25, 0.3) is 0 Å². The molecule has 0 bridgehead atoms. The average molecular weight is 364 g/mol. The van der Waals surface area contributed by atoms with Crippen LogP contribution in [0.15, 0.2) is 23.3 Å². The maximum Gasteiger partial charge on any atom is 0.329 e. The normalized spacial score (nSPS) is 10.9. The third-order valence-corrected chi connectivity index (χ3v) is 3.07. The minimum Gasteiger partial charge on any atom is -0.497 e. The van der Waals surface area contributed by atoms with E-state index in [1.165, 1.54) is 14.2 Å². The molecule has 3 amide bonds. The van der Waals surface area contributed by atoms with E-state index in [1.807, 2.05) is 0 Å². The highest BCUT2D eigenvalue weighted by Gasteiger charge is 2.14. The molecule has 9 heteroatoms. The van der Waals surface area contributed by atoms with Crippen molar-refractivity contribution < 1.29 is 23.9 Å². The smallest absolute Gasteiger partial charge is 0.329 e. The lowest BCUT2D eigenvalue weighted by atomic mass is 10.2. The van der Waals surface area contributed by atoms with Crippen molar-refractivity contribution in [2.45, 2.75) is 33.2 Å². The van der Waals surface area contributed by atoms with E-state index in [-0.39, 0.29) is 18.4 Å². The average Bonchev–Trinajstić information content (AvgIpc) is 2.59. The molecule has 0 saturated carbocycles. The van der Waals surface area contributed by atoms with Crippen LogP contribution in [0.3, 0.4) is 0 Å². The maximum atomic E-state index is 12.1. The fraction of sp³-hybridized carbons (Fsp3) is 0.412. The molecule has 26 heavy (non-hydrogen) atoms. The lowest BCUT2D eigenvalue weighted by molar-refractivity contribution is -0.139. The number of hydrogen-bond acceptors (Lipinski definition) is 6. The Morgan fingerprint density at radius 2 is 1.81 bits per heavy atom. The van der Waals surface area contributed by atoms with Crippen molar-refractivity contribution in [2.75, 3.05) is 19.5 Å². The number of nitrogens with one attached hydrogen (secondary N) is 3. The van der Waals surface area contributed by atoms with E-state index in [0.29, 0.717) is 22.9 Å². The van der Waals surface area contributed by atoms with Gasteiger partial charge in [0.1, 0.15) is 11.5 Å². The fourth-order valence-electron chi connectivity index (χ4n) is 1.89. The number of carbonyl (C=O) groups is 3. The predicted molar refractivity (Wildman–Crippen MR) is 97.3 cm³/mol. The van der Waals surface area contributed by atoms with Crippen LogP contribution in [0.5, 0.6) is 11.5 Å². The minimum absolute atomic E-state index is 0.0682. The van der Waals surface area contributed by atoms with Crippen LogP contribution >= 0.6 is 0 Å². The molecule has 0 spiro atoms.